The van der Waals surface area contributed by atoms with E-state index in [0.29, 0.717) is 22.8 Å². The number of nitrogens with zero attached hydrogens (tertiary/aromatic N) is 1. The van der Waals surface area contributed by atoms with E-state index < -0.39 is 10.0 Å². The normalized spacial score (nSPS) is 22.0. The lowest BCUT2D eigenvalue weighted by Crippen LogP contribution is -2.51. The molecule has 1 heterocycles. The van der Waals surface area contributed by atoms with Crippen LogP contribution in [0.2, 0.25) is 0 Å². The van der Waals surface area contributed by atoms with Gasteiger partial charge in [0, 0.05) is 18.6 Å². The molecule has 2 N–H and O–H groups in total. The zero-order valence-corrected chi connectivity index (χ0v) is 13.7. The molecule has 2 rings (SSSR count). The van der Waals surface area contributed by atoms with Crippen LogP contribution >= 0.6 is 0 Å². The molecular formula is C15H24N2O3S. The van der Waals surface area contributed by atoms with Crippen LogP contribution in [0.1, 0.15) is 31.7 Å². The van der Waals surface area contributed by atoms with Gasteiger partial charge in [0.2, 0.25) is 10.0 Å². The fraction of sp³-hybridized carbons (Fsp3) is 0.600. The molecule has 1 aromatic rings. The highest BCUT2D eigenvalue weighted by molar-refractivity contribution is 7.89. The van der Waals surface area contributed by atoms with Gasteiger partial charge in [-0.1, -0.05) is 6.42 Å². The molecule has 0 aromatic heterocycles. The topological polar surface area (TPSA) is 72.6 Å². The molecule has 0 saturated carbocycles. The van der Waals surface area contributed by atoms with Crippen LogP contribution in [0.25, 0.3) is 0 Å². The first-order valence-corrected chi connectivity index (χ1v) is 8.74. The van der Waals surface area contributed by atoms with Crippen molar-refractivity contribution in [3.8, 4) is 5.75 Å². The summed E-state index contributed by atoms with van der Waals surface area (Å²) < 4.78 is 32.6. The largest absolute Gasteiger partial charge is 0.497 e. The fourth-order valence-corrected chi connectivity index (χ4v) is 4.90. The highest BCUT2D eigenvalue weighted by atomic mass is 32.2. The maximum absolute atomic E-state index is 13.0. The standard InChI is InChI=1S/C15H24N2O3S/c1-11-10-13(20-3)7-8-15(11)21(18,19)17-9-5-4-6-14(17)12(2)16/h7-8,10,12,14H,4-6,9,16H2,1-3H3/t12-,14+/m1/s1. The Morgan fingerprint density at radius 3 is 2.67 bits per heavy atom. The van der Waals surface area contributed by atoms with E-state index >= 15 is 0 Å². The second kappa shape index (κ2) is 6.34. The first-order valence-electron chi connectivity index (χ1n) is 7.30. The zero-order chi connectivity index (χ0) is 15.6. The van der Waals surface area contributed by atoms with Crippen molar-refractivity contribution < 1.29 is 13.2 Å². The number of rotatable bonds is 4. The molecule has 0 bridgehead atoms. The highest BCUT2D eigenvalue weighted by Crippen LogP contribution is 2.29. The first kappa shape index (κ1) is 16.3. The van der Waals surface area contributed by atoms with E-state index in [1.165, 1.54) is 0 Å². The number of benzene rings is 1. The van der Waals surface area contributed by atoms with Gasteiger partial charge in [0.05, 0.1) is 12.0 Å². The SMILES string of the molecule is COc1ccc(S(=O)(=O)N2CCCC[C@H]2[C@@H](C)N)c(C)c1. The van der Waals surface area contributed by atoms with Crippen LogP contribution in [0.15, 0.2) is 23.1 Å². The predicted octanol–water partition coefficient (Wildman–Crippen LogP) is 1.89. The number of hydrogen-bond acceptors (Lipinski definition) is 4. The third-order valence-corrected chi connectivity index (χ3v) is 6.16. The summed E-state index contributed by atoms with van der Waals surface area (Å²) >= 11 is 0. The van der Waals surface area contributed by atoms with Gasteiger partial charge in [0.15, 0.2) is 0 Å². The van der Waals surface area contributed by atoms with Crippen molar-refractivity contribution in [1.82, 2.24) is 4.31 Å². The van der Waals surface area contributed by atoms with E-state index in [1.54, 1.807) is 36.5 Å². The summed E-state index contributed by atoms with van der Waals surface area (Å²) in [5.74, 6) is 0.661. The zero-order valence-electron chi connectivity index (χ0n) is 12.9. The van der Waals surface area contributed by atoms with Gasteiger partial charge in [-0.05, 0) is 50.5 Å². The Labute approximate surface area is 127 Å². The quantitative estimate of drug-likeness (QED) is 0.921. The van der Waals surface area contributed by atoms with E-state index in [1.807, 2.05) is 6.92 Å². The Bertz CT molecular complexity index is 599. The van der Waals surface area contributed by atoms with E-state index in [9.17, 15) is 8.42 Å². The van der Waals surface area contributed by atoms with Crippen molar-refractivity contribution in [2.45, 2.75) is 50.1 Å². The maximum Gasteiger partial charge on any atom is 0.243 e. The number of ether oxygens (including phenoxy) is 1. The van der Waals surface area contributed by atoms with Gasteiger partial charge in [0.1, 0.15) is 5.75 Å². The van der Waals surface area contributed by atoms with Crippen LogP contribution < -0.4 is 10.5 Å². The molecule has 1 aliphatic rings. The van der Waals surface area contributed by atoms with E-state index in [4.69, 9.17) is 10.5 Å². The predicted molar refractivity (Wildman–Crippen MR) is 82.9 cm³/mol. The minimum absolute atomic E-state index is 0.120. The third kappa shape index (κ3) is 3.22. The molecule has 1 fully saturated rings. The van der Waals surface area contributed by atoms with Crippen LogP contribution in [-0.4, -0.2) is 38.5 Å². The first-order chi connectivity index (χ1) is 9.87. The number of sulfonamides is 1. The summed E-state index contributed by atoms with van der Waals surface area (Å²) in [5.41, 5.74) is 6.69. The number of aryl methyl sites for hydroxylation is 1. The lowest BCUT2D eigenvalue weighted by molar-refractivity contribution is 0.227. The molecule has 21 heavy (non-hydrogen) atoms. The van der Waals surface area contributed by atoms with Crippen molar-refractivity contribution >= 4 is 10.0 Å². The summed E-state index contributed by atoms with van der Waals surface area (Å²) in [6, 6.07) is 4.77. The third-order valence-electron chi connectivity index (χ3n) is 4.07. The van der Waals surface area contributed by atoms with E-state index in [-0.39, 0.29) is 12.1 Å². The van der Waals surface area contributed by atoms with Gasteiger partial charge in [-0.3, -0.25) is 0 Å². The van der Waals surface area contributed by atoms with Gasteiger partial charge in [-0.25, -0.2) is 8.42 Å². The van der Waals surface area contributed by atoms with Crippen LogP contribution in [0, 0.1) is 6.92 Å². The molecule has 1 aliphatic heterocycles. The summed E-state index contributed by atoms with van der Waals surface area (Å²) in [4.78, 5) is 0.343. The molecule has 1 aromatic carbocycles. The Kier molecular flexibility index (Phi) is 4.91. The van der Waals surface area contributed by atoms with Crippen molar-refractivity contribution in [3.63, 3.8) is 0 Å². The molecule has 5 nitrogen and oxygen atoms in total. The summed E-state index contributed by atoms with van der Waals surface area (Å²) in [6.07, 6.45) is 2.74. The number of piperidine rings is 1. The van der Waals surface area contributed by atoms with Crippen LogP contribution in [0.5, 0.6) is 5.75 Å². The van der Waals surface area contributed by atoms with Gasteiger partial charge in [-0.15, -0.1) is 0 Å². The van der Waals surface area contributed by atoms with Gasteiger partial charge in [-0.2, -0.15) is 4.31 Å². The van der Waals surface area contributed by atoms with Crippen molar-refractivity contribution in [1.29, 1.82) is 0 Å². The monoisotopic (exact) mass is 312 g/mol. The number of methoxy groups -OCH3 is 1. The van der Waals surface area contributed by atoms with Crippen LogP contribution in [0.3, 0.4) is 0 Å². The Morgan fingerprint density at radius 2 is 2.10 bits per heavy atom. The van der Waals surface area contributed by atoms with Gasteiger partial charge < -0.3 is 10.5 Å². The summed E-state index contributed by atoms with van der Waals surface area (Å²) in [6.45, 7) is 4.21. The van der Waals surface area contributed by atoms with Crippen LogP contribution in [-0.2, 0) is 10.0 Å². The average molecular weight is 312 g/mol. The molecule has 0 aliphatic carbocycles. The molecule has 0 radical (unpaired) electrons. The van der Waals surface area contributed by atoms with Crippen LogP contribution in [0.4, 0.5) is 0 Å². The second-order valence-corrected chi connectivity index (χ2v) is 7.53. The number of hydrogen-bond donors (Lipinski definition) is 1. The molecule has 0 spiro atoms. The molecule has 0 amide bonds. The van der Waals surface area contributed by atoms with E-state index in [0.717, 1.165) is 19.3 Å². The molecule has 1 saturated heterocycles. The van der Waals surface area contributed by atoms with Gasteiger partial charge in [0.25, 0.3) is 0 Å². The summed E-state index contributed by atoms with van der Waals surface area (Å²) in [7, 11) is -1.94. The smallest absolute Gasteiger partial charge is 0.243 e. The molecule has 0 unspecified atom stereocenters. The van der Waals surface area contributed by atoms with Gasteiger partial charge >= 0.3 is 0 Å². The molecule has 2 atom stereocenters. The average Bonchev–Trinajstić information content (AvgIpc) is 2.46. The Hall–Kier alpha value is -1.11. The van der Waals surface area contributed by atoms with Crippen molar-refractivity contribution in [2.24, 2.45) is 5.73 Å². The lowest BCUT2D eigenvalue weighted by atomic mass is 10.00. The highest BCUT2D eigenvalue weighted by Gasteiger charge is 2.35. The van der Waals surface area contributed by atoms with Crippen molar-refractivity contribution in [2.75, 3.05) is 13.7 Å². The maximum atomic E-state index is 13.0. The Morgan fingerprint density at radius 1 is 1.38 bits per heavy atom. The van der Waals surface area contributed by atoms with E-state index in [2.05, 4.69) is 0 Å². The minimum Gasteiger partial charge on any atom is -0.497 e. The molecular weight excluding hydrogens is 288 g/mol. The summed E-state index contributed by atoms with van der Waals surface area (Å²) in [5, 5.41) is 0. The minimum atomic E-state index is -3.51. The lowest BCUT2D eigenvalue weighted by Gasteiger charge is -2.37. The molecule has 118 valence electrons. The fourth-order valence-electron chi connectivity index (χ4n) is 2.92. The second-order valence-electron chi connectivity index (χ2n) is 5.67. The Balaban J connectivity index is 2.40. The number of nitrogens with two attached hydrogens (primary N) is 1. The molecule has 6 heteroatoms. The van der Waals surface area contributed by atoms with Crippen molar-refractivity contribution in [3.05, 3.63) is 23.8 Å².